The standard InChI is InChI=1S/C15H14BrN3O4/c1-2-5-23-12-3-4-13(14(7-12)19(21)22)18-15(20)10-6-11(16)9-17-8-10/h3-4,6-9H,2,5H2,1H3,(H,18,20). The third-order valence-electron chi connectivity index (χ3n) is 2.85. The molecule has 1 aromatic heterocycles. The van der Waals surface area contributed by atoms with Crippen molar-refractivity contribution < 1.29 is 14.5 Å². The number of nitrogens with one attached hydrogen (secondary N) is 1. The van der Waals surface area contributed by atoms with Crippen LogP contribution in [0.4, 0.5) is 11.4 Å². The number of hydrogen-bond donors (Lipinski definition) is 1. The molecule has 1 amide bonds. The first-order chi connectivity index (χ1) is 11.0. The topological polar surface area (TPSA) is 94.4 Å². The molecule has 8 heteroatoms. The summed E-state index contributed by atoms with van der Waals surface area (Å²) in [6.07, 6.45) is 3.71. The number of benzene rings is 1. The van der Waals surface area contributed by atoms with Crippen LogP contribution in [0.2, 0.25) is 0 Å². The van der Waals surface area contributed by atoms with E-state index < -0.39 is 10.8 Å². The van der Waals surface area contributed by atoms with Gasteiger partial charge in [0.1, 0.15) is 11.4 Å². The van der Waals surface area contributed by atoms with Crippen molar-refractivity contribution in [2.75, 3.05) is 11.9 Å². The first-order valence-electron chi connectivity index (χ1n) is 6.84. The summed E-state index contributed by atoms with van der Waals surface area (Å²) >= 11 is 3.22. The van der Waals surface area contributed by atoms with Gasteiger partial charge in [0.25, 0.3) is 11.6 Å². The summed E-state index contributed by atoms with van der Waals surface area (Å²) in [6, 6.07) is 5.90. The predicted octanol–water partition coefficient (Wildman–Crippen LogP) is 3.79. The van der Waals surface area contributed by atoms with Gasteiger partial charge in [-0.25, -0.2) is 0 Å². The van der Waals surface area contributed by atoms with Crippen LogP contribution in [-0.4, -0.2) is 22.4 Å². The van der Waals surface area contributed by atoms with Crippen LogP contribution < -0.4 is 10.1 Å². The number of carbonyl (C=O) groups is 1. The van der Waals surface area contributed by atoms with Gasteiger partial charge < -0.3 is 10.1 Å². The van der Waals surface area contributed by atoms with Crippen molar-refractivity contribution >= 4 is 33.2 Å². The Morgan fingerprint density at radius 1 is 1.39 bits per heavy atom. The molecule has 0 aliphatic rings. The molecule has 0 saturated carbocycles. The van der Waals surface area contributed by atoms with E-state index in [1.807, 2.05) is 6.92 Å². The molecule has 1 aromatic carbocycles. The number of hydrogen-bond acceptors (Lipinski definition) is 5. The molecule has 1 N–H and O–H groups in total. The number of nitro groups is 1. The second-order valence-electron chi connectivity index (χ2n) is 4.63. The molecule has 2 rings (SSSR count). The molecule has 7 nitrogen and oxygen atoms in total. The third kappa shape index (κ3) is 4.49. The van der Waals surface area contributed by atoms with E-state index in [9.17, 15) is 14.9 Å². The number of anilines is 1. The van der Waals surface area contributed by atoms with Crippen molar-refractivity contribution in [3.63, 3.8) is 0 Å². The number of halogens is 1. The molecule has 0 spiro atoms. The van der Waals surface area contributed by atoms with Crippen LogP contribution in [0, 0.1) is 10.1 Å². The van der Waals surface area contributed by atoms with E-state index in [1.54, 1.807) is 18.3 Å². The molecular formula is C15H14BrN3O4. The number of aromatic nitrogens is 1. The Labute approximate surface area is 141 Å². The van der Waals surface area contributed by atoms with E-state index in [1.165, 1.54) is 18.3 Å². The molecule has 0 aliphatic heterocycles. The lowest BCUT2D eigenvalue weighted by atomic mass is 10.2. The highest BCUT2D eigenvalue weighted by atomic mass is 79.9. The SMILES string of the molecule is CCCOc1ccc(NC(=O)c2cncc(Br)c2)c([N+](=O)[O-])c1. The maximum Gasteiger partial charge on any atom is 0.296 e. The van der Waals surface area contributed by atoms with E-state index in [4.69, 9.17) is 4.74 Å². The molecule has 0 bridgehead atoms. The highest BCUT2D eigenvalue weighted by Crippen LogP contribution is 2.29. The first kappa shape index (κ1) is 16.9. The Bertz CT molecular complexity index is 736. The molecule has 23 heavy (non-hydrogen) atoms. The average molecular weight is 380 g/mol. The summed E-state index contributed by atoms with van der Waals surface area (Å²) in [5.74, 6) is -0.0928. The van der Waals surface area contributed by atoms with E-state index in [2.05, 4.69) is 26.2 Å². The van der Waals surface area contributed by atoms with Crippen molar-refractivity contribution in [1.29, 1.82) is 0 Å². The molecule has 0 radical (unpaired) electrons. The van der Waals surface area contributed by atoms with Crippen LogP contribution in [0.15, 0.2) is 41.1 Å². The minimum Gasteiger partial charge on any atom is -0.493 e. The number of nitro benzene ring substituents is 1. The summed E-state index contributed by atoms with van der Waals surface area (Å²) in [7, 11) is 0. The van der Waals surface area contributed by atoms with Gasteiger partial charge in [-0.2, -0.15) is 0 Å². The minimum absolute atomic E-state index is 0.101. The lowest BCUT2D eigenvalue weighted by Crippen LogP contribution is -2.13. The van der Waals surface area contributed by atoms with Crippen LogP contribution in [0.3, 0.4) is 0 Å². The fourth-order valence-corrected chi connectivity index (χ4v) is 2.17. The highest BCUT2D eigenvalue weighted by molar-refractivity contribution is 9.10. The Kier molecular flexibility index (Phi) is 5.64. The van der Waals surface area contributed by atoms with Gasteiger partial charge in [-0.05, 0) is 40.5 Å². The lowest BCUT2D eigenvalue weighted by molar-refractivity contribution is -0.384. The Morgan fingerprint density at radius 2 is 2.17 bits per heavy atom. The molecule has 2 aromatic rings. The quantitative estimate of drug-likeness (QED) is 0.608. The summed E-state index contributed by atoms with van der Waals surface area (Å²) in [4.78, 5) is 26.7. The maximum atomic E-state index is 12.2. The van der Waals surface area contributed by atoms with Crippen molar-refractivity contribution in [2.24, 2.45) is 0 Å². The summed E-state index contributed by atoms with van der Waals surface area (Å²) in [5.41, 5.74) is 0.165. The van der Waals surface area contributed by atoms with Gasteiger partial charge in [0.05, 0.1) is 23.2 Å². The van der Waals surface area contributed by atoms with E-state index in [0.29, 0.717) is 22.4 Å². The zero-order chi connectivity index (χ0) is 16.8. The zero-order valence-corrected chi connectivity index (χ0v) is 13.9. The third-order valence-corrected chi connectivity index (χ3v) is 3.29. The van der Waals surface area contributed by atoms with E-state index in [-0.39, 0.29) is 11.4 Å². The highest BCUT2D eigenvalue weighted by Gasteiger charge is 2.18. The Balaban J connectivity index is 2.24. The number of rotatable bonds is 6. The largest absolute Gasteiger partial charge is 0.493 e. The van der Waals surface area contributed by atoms with Gasteiger partial charge >= 0.3 is 0 Å². The first-order valence-corrected chi connectivity index (χ1v) is 7.63. The van der Waals surface area contributed by atoms with Gasteiger partial charge in [0.2, 0.25) is 0 Å². The molecule has 120 valence electrons. The normalized spacial score (nSPS) is 10.2. The van der Waals surface area contributed by atoms with Crippen LogP contribution >= 0.6 is 15.9 Å². The van der Waals surface area contributed by atoms with Gasteiger partial charge in [-0.15, -0.1) is 0 Å². The fraction of sp³-hybridized carbons (Fsp3) is 0.200. The number of amides is 1. The van der Waals surface area contributed by atoms with Crippen molar-refractivity contribution in [3.8, 4) is 5.75 Å². The average Bonchev–Trinajstić information content (AvgIpc) is 2.53. The fourth-order valence-electron chi connectivity index (χ4n) is 1.81. The van der Waals surface area contributed by atoms with Gasteiger partial charge in [0.15, 0.2) is 0 Å². The second kappa shape index (κ2) is 7.68. The van der Waals surface area contributed by atoms with Crippen LogP contribution in [0.1, 0.15) is 23.7 Å². The van der Waals surface area contributed by atoms with Crippen LogP contribution in [-0.2, 0) is 0 Å². The molecule has 0 aliphatic carbocycles. The molecule has 0 unspecified atom stereocenters. The zero-order valence-electron chi connectivity index (χ0n) is 12.3. The monoisotopic (exact) mass is 379 g/mol. The Hall–Kier alpha value is -2.48. The van der Waals surface area contributed by atoms with Gasteiger partial charge in [-0.1, -0.05) is 6.92 Å². The smallest absolute Gasteiger partial charge is 0.296 e. The number of carbonyl (C=O) groups excluding carboxylic acids is 1. The van der Waals surface area contributed by atoms with Gasteiger partial charge in [0, 0.05) is 16.9 Å². The molecule has 0 fully saturated rings. The van der Waals surface area contributed by atoms with E-state index >= 15 is 0 Å². The van der Waals surface area contributed by atoms with Crippen molar-refractivity contribution in [2.45, 2.75) is 13.3 Å². The number of pyridine rings is 1. The maximum absolute atomic E-state index is 12.2. The van der Waals surface area contributed by atoms with Crippen LogP contribution in [0.25, 0.3) is 0 Å². The van der Waals surface area contributed by atoms with E-state index in [0.717, 1.165) is 6.42 Å². The summed E-state index contributed by atoms with van der Waals surface area (Å²) < 4.78 is 6.01. The molecule has 0 saturated heterocycles. The van der Waals surface area contributed by atoms with Crippen molar-refractivity contribution in [3.05, 3.63) is 56.8 Å². The minimum atomic E-state index is -0.562. The Morgan fingerprint density at radius 3 is 2.83 bits per heavy atom. The van der Waals surface area contributed by atoms with Crippen molar-refractivity contribution in [1.82, 2.24) is 4.98 Å². The lowest BCUT2D eigenvalue weighted by Gasteiger charge is -2.09. The summed E-state index contributed by atoms with van der Waals surface area (Å²) in [5, 5.41) is 13.7. The number of nitrogens with zero attached hydrogens (tertiary/aromatic N) is 2. The number of ether oxygens (including phenoxy) is 1. The van der Waals surface area contributed by atoms with Gasteiger partial charge in [-0.3, -0.25) is 19.9 Å². The second-order valence-corrected chi connectivity index (χ2v) is 5.55. The predicted molar refractivity (Wildman–Crippen MR) is 88.8 cm³/mol. The molecule has 1 heterocycles. The summed E-state index contributed by atoms with van der Waals surface area (Å²) in [6.45, 7) is 2.40. The molecular weight excluding hydrogens is 366 g/mol. The molecule has 0 atom stereocenters. The van der Waals surface area contributed by atoms with Crippen LogP contribution in [0.5, 0.6) is 5.75 Å².